The van der Waals surface area contributed by atoms with Gasteiger partial charge in [0, 0.05) is 17.3 Å². The van der Waals surface area contributed by atoms with Gasteiger partial charge in [-0.25, -0.2) is 8.42 Å². The third-order valence-corrected chi connectivity index (χ3v) is 6.54. The fourth-order valence-corrected chi connectivity index (χ4v) is 4.29. The molecule has 0 spiro atoms. The number of ether oxygens (including phenoxy) is 1. The number of rotatable bonds is 7. The second-order valence-electron chi connectivity index (χ2n) is 6.02. The van der Waals surface area contributed by atoms with Gasteiger partial charge < -0.3 is 10.1 Å². The number of halogens is 1. The van der Waals surface area contributed by atoms with Crippen LogP contribution in [-0.4, -0.2) is 38.8 Å². The highest BCUT2D eigenvalue weighted by Gasteiger charge is 2.26. The first kappa shape index (κ1) is 21.2. The number of amides is 1. The van der Waals surface area contributed by atoms with Crippen LogP contribution in [0.3, 0.4) is 0 Å². The predicted octanol–water partition coefficient (Wildman–Crippen LogP) is 3.61. The Morgan fingerprint density at radius 1 is 1.22 bits per heavy atom. The lowest BCUT2D eigenvalue weighted by Gasteiger charge is -2.21. The minimum atomic E-state index is -3.81. The van der Waals surface area contributed by atoms with Crippen LogP contribution in [0.15, 0.2) is 41.3 Å². The van der Waals surface area contributed by atoms with Crippen molar-refractivity contribution in [3.63, 3.8) is 0 Å². The van der Waals surface area contributed by atoms with Gasteiger partial charge in [0.05, 0.1) is 18.6 Å². The average molecular weight is 411 g/mol. The summed E-state index contributed by atoms with van der Waals surface area (Å²) >= 11 is 6.05. The van der Waals surface area contributed by atoms with Crippen LogP contribution >= 0.6 is 11.6 Å². The molecular weight excluding hydrogens is 388 g/mol. The molecule has 0 aromatic heterocycles. The molecule has 2 rings (SSSR count). The fraction of sp³-hybridized carbons (Fsp3) is 0.316. The van der Waals surface area contributed by atoms with Crippen molar-refractivity contribution in [3.8, 4) is 5.75 Å². The summed E-state index contributed by atoms with van der Waals surface area (Å²) in [5.74, 6) is 0.169. The number of carbonyl (C=O) groups is 1. The zero-order valence-corrected chi connectivity index (χ0v) is 17.3. The first-order chi connectivity index (χ1) is 12.7. The highest BCUT2D eigenvalue weighted by molar-refractivity contribution is 7.89. The summed E-state index contributed by atoms with van der Waals surface area (Å²) < 4.78 is 32.1. The van der Waals surface area contributed by atoms with Gasteiger partial charge >= 0.3 is 0 Å². The van der Waals surface area contributed by atoms with Crippen LogP contribution in [0, 0.1) is 13.8 Å². The molecule has 0 bridgehead atoms. The van der Waals surface area contributed by atoms with Gasteiger partial charge in [0.15, 0.2) is 0 Å². The molecule has 0 radical (unpaired) electrons. The molecule has 0 saturated heterocycles. The Morgan fingerprint density at radius 3 is 2.52 bits per heavy atom. The summed E-state index contributed by atoms with van der Waals surface area (Å²) in [6.07, 6.45) is 0. The Labute approximate surface area is 165 Å². The first-order valence-electron chi connectivity index (χ1n) is 8.40. The van der Waals surface area contributed by atoms with E-state index in [0.29, 0.717) is 22.0 Å². The lowest BCUT2D eigenvalue weighted by atomic mass is 10.2. The Kier molecular flexibility index (Phi) is 6.86. The summed E-state index contributed by atoms with van der Waals surface area (Å²) in [7, 11) is -2.29. The summed E-state index contributed by atoms with van der Waals surface area (Å²) in [5, 5.41) is 3.25. The van der Waals surface area contributed by atoms with Gasteiger partial charge in [0.25, 0.3) is 0 Å². The monoisotopic (exact) mass is 410 g/mol. The Morgan fingerprint density at radius 2 is 1.93 bits per heavy atom. The summed E-state index contributed by atoms with van der Waals surface area (Å²) in [5.41, 5.74) is 1.99. The molecule has 0 fully saturated rings. The molecule has 0 saturated carbocycles. The summed E-state index contributed by atoms with van der Waals surface area (Å²) in [6.45, 7) is 5.10. The lowest BCUT2D eigenvalue weighted by molar-refractivity contribution is -0.116. The van der Waals surface area contributed by atoms with E-state index in [1.807, 2.05) is 0 Å². The number of hydrogen-bond donors (Lipinski definition) is 1. The zero-order valence-electron chi connectivity index (χ0n) is 15.7. The summed E-state index contributed by atoms with van der Waals surface area (Å²) in [6, 6.07) is 9.78. The molecule has 0 unspecified atom stereocenters. The maximum atomic E-state index is 12.9. The minimum absolute atomic E-state index is 0.120. The van der Waals surface area contributed by atoms with Gasteiger partial charge in [0.2, 0.25) is 15.9 Å². The number of nitrogens with zero attached hydrogens (tertiary/aromatic N) is 1. The summed E-state index contributed by atoms with van der Waals surface area (Å²) in [4.78, 5) is 12.5. The molecular formula is C19H23ClN2O4S. The molecule has 0 aliphatic carbocycles. The number of methoxy groups -OCH3 is 1. The fourth-order valence-electron chi connectivity index (χ4n) is 2.62. The van der Waals surface area contributed by atoms with E-state index in [1.165, 1.54) is 19.2 Å². The Balaban J connectivity index is 2.21. The van der Waals surface area contributed by atoms with E-state index in [0.717, 1.165) is 9.87 Å². The van der Waals surface area contributed by atoms with Crippen molar-refractivity contribution in [2.45, 2.75) is 25.7 Å². The maximum absolute atomic E-state index is 12.9. The minimum Gasteiger partial charge on any atom is -0.496 e. The number of anilines is 1. The van der Waals surface area contributed by atoms with Gasteiger partial charge in [-0.05, 0) is 55.3 Å². The van der Waals surface area contributed by atoms with E-state index in [-0.39, 0.29) is 18.0 Å². The molecule has 27 heavy (non-hydrogen) atoms. The van der Waals surface area contributed by atoms with Crippen LogP contribution in [-0.2, 0) is 14.8 Å². The van der Waals surface area contributed by atoms with Crippen LogP contribution in [0.1, 0.15) is 18.1 Å². The van der Waals surface area contributed by atoms with E-state index in [1.54, 1.807) is 45.0 Å². The molecule has 2 aromatic carbocycles. The quantitative estimate of drug-likeness (QED) is 0.756. The standard InChI is InChI=1S/C19H23ClN2O4S/c1-5-22(12-19(23)21-17-8-6-7-16(20)14(17)3)27(24,25)15-9-10-18(26-4)13(2)11-15/h6-11H,5,12H2,1-4H3,(H,21,23). The van der Waals surface area contributed by atoms with Crippen LogP contribution in [0.4, 0.5) is 5.69 Å². The molecule has 8 heteroatoms. The van der Waals surface area contributed by atoms with Gasteiger partial charge in [-0.15, -0.1) is 0 Å². The van der Waals surface area contributed by atoms with Gasteiger partial charge in [0.1, 0.15) is 5.75 Å². The second-order valence-corrected chi connectivity index (χ2v) is 8.37. The number of carbonyl (C=O) groups excluding carboxylic acids is 1. The SMILES string of the molecule is CCN(CC(=O)Nc1cccc(Cl)c1C)S(=O)(=O)c1ccc(OC)c(C)c1. The molecule has 6 nitrogen and oxygen atoms in total. The van der Waals surface area contributed by atoms with Gasteiger partial charge in [-0.3, -0.25) is 4.79 Å². The van der Waals surface area contributed by atoms with Crippen molar-refractivity contribution in [2.24, 2.45) is 0 Å². The number of hydrogen-bond acceptors (Lipinski definition) is 4. The van der Waals surface area contributed by atoms with E-state index in [2.05, 4.69) is 5.32 Å². The molecule has 1 amide bonds. The molecule has 146 valence electrons. The third kappa shape index (κ3) is 4.80. The van der Waals surface area contributed by atoms with Crippen LogP contribution in [0.25, 0.3) is 0 Å². The van der Waals surface area contributed by atoms with E-state index in [4.69, 9.17) is 16.3 Å². The van der Waals surface area contributed by atoms with Gasteiger partial charge in [-0.1, -0.05) is 24.6 Å². The molecule has 1 N–H and O–H groups in total. The van der Waals surface area contributed by atoms with Crippen LogP contribution in [0.5, 0.6) is 5.75 Å². The Hall–Kier alpha value is -2.09. The third-order valence-electron chi connectivity index (χ3n) is 4.22. The number of benzene rings is 2. The molecule has 0 aliphatic rings. The molecule has 0 heterocycles. The number of aryl methyl sites for hydroxylation is 1. The average Bonchev–Trinajstić information content (AvgIpc) is 2.63. The predicted molar refractivity (Wildman–Crippen MR) is 107 cm³/mol. The Bertz CT molecular complexity index is 945. The van der Waals surface area contributed by atoms with Crippen molar-refractivity contribution < 1.29 is 17.9 Å². The number of nitrogens with one attached hydrogen (secondary N) is 1. The van der Waals surface area contributed by atoms with Crippen molar-refractivity contribution >= 4 is 33.2 Å². The lowest BCUT2D eigenvalue weighted by Crippen LogP contribution is -2.38. The van der Waals surface area contributed by atoms with Crippen LogP contribution in [0.2, 0.25) is 5.02 Å². The second kappa shape index (κ2) is 8.73. The zero-order chi connectivity index (χ0) is 20.2. The number of sulfonamides is 1. The van der Waals surface area contributed by atoms with E-state index < -0.39 is 15.9 Å². The molecule has 2 aromatic rings. The first-order valence-corrected chi connectivity index (χ1v) is 10.2. The smallest absolute Gasteiger partial charge is 0.243 e. The number of likely N-dealkylation sites (N-methyl/N-ethyl adjacent to an activating group) is 1. The normalized spacial score (nSPS) is 11.5. The van der Waals surface area contributed by atoms with Crippen molar-refractivity contribution in [2.75, 3.05) is 25.5 Å². The highest BCUT2D eigenvalue weighted by atomic mass is 35.5. The van der Waals surface area contributed by atoms with Crippen LogP contribution < -0.4 is 10.1 Å². The molecule has 0 aliphatic heterocycles. The maximum Gasteiger partial charge on any atom is 0.243 e. The molecule has 0 atom stereocenters. The largest absolute Gasteiger partial charge is 0.496 e. The van der Waals surface area contributed by atoms with E-state index in [9.17, 15) is 13.2 Å². The highest BCUT2D eigenvalue weighted by Crippen LogP contribution is 2.25. The van der Waals surface area contributed by atoms with Crippen molar-refractivity contribution in [1.29, 1.82) is 0 Å². The van der Waals surface area contributed by atoms with Crippen molar-refractivity contribution in [1.82, 2.24) is 4.31 Å². The van der Waals surface area contributed by atoms with E-state index >= 15 is 0 Å². The van der Waals surface area contributed by atoms with Gasteiger partial charge in [-0.2, -0.15) is 4.31 Å². The topological polar surface area (TPSA) is 75.7 Å². The van der Waals surface area contributed by atoms with Crippen molar-refractivity contribution in [3.05, 3.63) is 52.5 Å².